The van der Waals surface area contributed by atoms with Crippen LogP contribution in [0.3, 0.4) is 0 Å². The summed E-state index contributed by atoms with van der Waals surface area (Å²) in [5, 5.41) is 23.3. The molecule has 126 valence electrons. The lowest BCUT2D eigenvalue weighted by Crippen LogP contribution is -2.02. The van der Waals surface area contributed by atoms with E-state index in [0.717, 1.165) is 22.3 Å². The monoisotopic (exact) mass is 341 g/mol. The summed E-state index contributed by atoms with van der Waals surface area (Å²) in [7, 11) is 0. The van der Waals surface area contributed by atoms with Gasteiger partial charge in [0.05, 0.1) is 17.1 Å². The van der Waals surface area contributed by atoms with E-state index < -0.39 is 0 Å². The highest BCUT2D eigenvalue weighted by molar-refractivity contribution is 5.91. The minimum absolute atomic E-state index is 0.461. The van der Waals surface area contributed by atoms with Crippen LogP contribution in [0.25, 0.3) is 10.9 Å². The number of H-pyrrole nitrogens is 1. The number of fused-ring (bicyclic) bond motifs is 1. The number of nitrogens with one attached hydrogen (secondary N) is 3. The molecule has 0 unspecified atom stereocenters. The normalized spacial score (nSPS) is 10.5. The van der Waals surface area contributed by atoms with Crippen molar-refractivity contribution in [2.45, 2.75) is 6.92 Å². The lowest BCUT2D eigenvalue weighted by molar-refractivity contribution is 1.05. The Kier molecular flexibility index (Phi) is 3.92. The molecule has 7 heteroatoms. The first kappa shape index (κ1) is 15.6. The summed E-state index contributed by atoms with van der Waals surface area (Å²) in [6.07, 6.45) is 0. The highest BCUT2D eigenvalue weighted by atomic mass is 15.2. The molecule has 0 saturated carbocycles. The second kappa shape index (κ2) is 6.53. The molecule has 26 heavy (non-hydrogen) atoms. The maximum Gasteiger partial charge on any atom is 0.229 e. The summed E-state index contributed by atoms with van der Waals surface area (Å²) >= 11 is 0. The molecule has 2 heterocycles. The van der Waals surface area contributed by atoms with E-state index in [4.69, 9.17) is 5.26 Å². The van der Waals surface area contributed by atoms with E-state index in [9.17, 15) is 0 Å². The molecule has 3 N–H and O–H groups in total. The summed E-state index contributed by atoms with van der Waals surface area (Å²) in [6.45, 7) is 1.94. The molecule has 0 amide bonds. The minimum Gasteiger partial charge on any atom is -0.324 e. The third-order valence-corrected chi connectivity index (χ3v) is 3.83. The predicted molar refractivity (Wildman–Crippen MR) is 101 cm³/mol. The first-order valence-corrected chi connectivity index (χ1v) is 8.04. The van der Waals surface area contributed by atoms with Crippen LogP contribution < -0.4 is 10.6 Å². The van der Waals surface area contributed by atoms with E-state index in [0.29, 0.717) is 23.1 Å². The lowest BCUT2D eigenvalue weighted by atomic mass is 10.2. The van der Waals surface area contributed by atoms with Gasteiger partial charge < -0.3 is 10.6 Å². The van der Waals surface area contributed by atoms with Gasteiger partial charge in [0.1, 0.15) is 5.82 Å². The van der Waals surface area contributed by atoms with Crippen LogP contribution >= 0.6 is 0 Å². The SMILES string of the molecule is Cc1cc(Nc2nc(Nc3ccc(C#N)cc3)nc3ccccc23)n[nH]1. The largest absolute Gasteiger partial charge is 0.324 e. The van der Waals surface area contributed by atoms with Crippen molar-refractivity contribution in [2.24, 2.45) is 0 Å². The van der Waals surface area contributed by atoms with Gasteiger partial charge in [0.15, 0.2) is 5.82 Å². The van der Waals surface area contributed by atoms with Crippen molar-refractivity contribution in [1.29, 1.82) is 5.26 Å². The predicted octanol–water partition coefficient (Wildman–Crippen LogP) is 4.02. The van der Waals surface area contributed by atoms with E-state index in [1.807, 2.05) is 49.4 Å². The molecule has 4 aromatic rings. The zero-order valence-corrected chi connectivity index (χ0v) is 14.0. The van der Waals surface area contributed by atoms with Gasteiger partial charge in [-0.2, -0.15) is 15.3 Å². The number of nitrogens with zero attached hydrogens (tertiary/aromatic N) is 4. The number of aryl methyl sites for hydroxylation is 1. The molecule has 2 aromatic heterocycles. The third kappa shape index (κ3) is 3.16. The fourth-order valence-corrected chi connectivity index (χ4v) is 2.59. The molecule has 0 radical (unpaired) electrons. The molecule has 0 saturated heterocycles. The van der Waals surface area contributed by atoms with Crippen molar-refractivity contribution in [3.05, 3.63) is 65.9 Å². The van der Waals surface area contributed by atoms with Crippen LogP contribution in [0.15, 0.2) is 54.6 Å². The van der Waals surface area contributed by atoms with Crippen LogP contribution in [0.1, 0.15) is 11.3 Å². The fourth-order valence-electron chi connectivity index (χ4n) is 2.59. The zero-order valence-electron chi connectivity index (χ0n) is 14.0. The Bertz CT molecular complexity index is 1110. The number of para-hydroxylation sites is 1. The molecule has 0 spiro atoms. The van der Waals surface area contributed by atoms with E-state index >= 15 is 0 Å². The van der Waals surface area contributed by atoms with Crippen LogP contribution in [0.2, 0.25) is 0 Å². The summed E-state index contributed by atoms with van der Waals surface area (Å²) < 4.78 is 0. The molecule has 7 nitrogen and oxygen atoms in total. The number of hydrogen-bond donors (Lipinski definition) is 3. The van der Waals surface area contributed by atoms with Crippen molar-refractivity contribution in [2.75, 3.05) is 10.6 Å². The van der Waals surface area contributed by atoms with Gasteiger partial charge in [-0.25, -0.2) is 4.98 Å². The van der Waals surface area contributed by atoms with Gasteiger partial charge in [0.25, 0.3) is 0 Å². The first-order chi connectivity index (χ1) is 12.7. The lowest BCUT2D eigenvalue weighted by Gasteiger charge is -2.10. The molecule has 0 bridgehead atoms. The number of anilines is 4. The zero-order chi connectivity index (χ0) is 17.9. The quantitative estimate of drug-likeness (QED) is 0.518. The van der Waals surface area contributed by atoms with Crippen molar-refractivity contribution >= 4 is 34.2 Å². The Hall–Kier alpha value is -3.92. The molecule has 0 aliphatic heterocycles. The molecule has 2 aromatic carbocycles. The van der Waals surface area contributed by atoms with Gasteiger partial charge in [-0.1, -0.05) is 12.1 Å². The van der Waals surface area contributed by atoms with Crippen molar-refractivity contribution in [1.82, 2.24) is 20.2 Å². The van der Waals surface area contributed by atoms with Gasteiger partial charge >= 0.3 is 0 Å². The van der Waals surface area contributed by atoms with Crippen LogP contribution in [-0.2, 0) is 0 Å². The number of benzene rings is 2. The fraction of sp³-hybridized carbons (Fsp3) is 0.0526. The summed E-state index contributed by atoms with van der Waals surface area (Å²) in [4.78, 5) is 9.16. The number of hydrogen-bond acceptors (Lipinski definition) is 6. The third-order valence-electron chi connectivity index (χ3n) is 3.83. The molecule has 4 rings (SSSR count). The Balaban J connectivity index is 1.71. The molecular formula is C19H15N7. The van der Waals surface area contributed by atoms with Gasteiger partial charge in [0, 0.05) is 22.8 Å². The topological polar surface area (TPSA) is 102 Å². The van der Waals surface area contributed by atoms with Gasteiger partial charge in [-0.15, -0.1) is 0 Å². The number of aromatic amines is 1. The van der Waals surface area contributed by atoms with Gasteiger partial charge in [-0.05, 0) is 43.3 Å². The van der Waals surface area contributed by atoms with Crippen LogP contribution in [0.4, 0.5) is 23.3 Å². The molecule has 0 atom stereocenters. The van der Waals surface area contributed by atoms with Crippen molar-refractivity contribution < 1.29 is 0 Å². The number of aromatic nitrogens is 4. The maximum absolute atomic E-state index is 8.90. The van der Waals surface area contributed by atoms with Crippen LogP contribution in [-0.4, -0.2) is 20.2 Å². The minimum atomic E-state index is 0.461. The highest BCUT2D eigenvalue weighted by Crippen LogP contribution is 2.26. The maximum atomic E-state index is 8.90. The number of rotatable bonds is 4. The second-order valence-corrected chi connectivity index (χ2v) is 5.79. The Morgan fingerprint density at radius 3 is 2.54 bits per heavy atom. The van der Waals surface area contributed by atoms with Crippen LogP contribution in [0.5, 0.6) is 0 Å². The highest BCUT2D eigenvalue weighted by Gasteiger charge is 2.09. The summed E-state index contributed by atoms with van der Waals surface area (Å²) in [6, 6.07) is 18.9. The van der Waals surface area contributed by atoms with E-state index in [1.54, 1.807) is 12.1 Å². The van der Waals surface area contributed by atoms with Crippen molar-refractivity contribution in [3.8, 4) is 6.07 Å². The van der Waals surface area contributed by atoms with Gasteiger partial charge in [-0.3, -0.25) is 5.10 Å². The Morgan fingerprint density at radius 1 is 1.00 bits per heavy atom. The van der Waals surface area contributed by atoms with E-state index in [-0.39, 0.29) is 0 Å². The average Bonchev–Trinajstić information content (AvgIpc) is 3.07. The second-order valence-electron chi connectivity index (χ2n) is 5.79. The first-order valence-electron chi connectivity index (χ1n) is 8.04. The Labute approximate surface area is 149 Å². The molecular weight excluding hydrogens is 326 g/mol. The molecule has 0 aliphatic carbocycles. The van der Waals surface area contributed by atoms with Gasteiger partial charge in [0.2, 0.25) is 5.95 Å². The van der Waals surface area contributed by atoms with Crippen LogP contribution in [0, 0.1) is 18.3 Å². The number of nitriles is 1. The molecule has 0 fully saturated rings. The Morgan fingerprint density at radius 2 is 1.81 bits per heavy atom. The van der Waals surface area contributed by atoms with E-state index in [2.05, 4.69) is 36.9 Å². The standard InChI is InChI=1S/C19H15N7/c1-12-10-17(26-25-12)23-18-15-4-2-3-5-16(15)22-19(24-18)21-14-8-6-13(11-20)7-9-14/h2-10H,1H3,(H3,21,22,23,24,25,26). The average molecular weight is 341 g/mol. The van der Waals surface area contributed by atoms with Crippen molar-refractivity contribution in [3.63, 3.8) is 0 Å². The summed E-state index contributed by atoms with van der Waals surface area (Å²) in [5.74, 6) is 1.82. The summed E-state index contributed by atoms with van der Waals surface area (Å²) in [5.41, 5.74) is 3.18. The molecule has 0 aliphatic rings. The smallest absolute Gasteiger partial charge is 0.229 e. The van der Waals surface area contributed by atoms with E-state index in [1.165, 1.54) is 0 Å².